The number of hydrogen-bond acceptors (Lipinski definition) is 6. The Balaban J connectivity index is 1.52. The number of piperidine rings is 1. The summed E-state index contributed by atoms with van der Waals surface area (Å²) in [5.41, 5.74) is 1.42. The van der Waals surface area contributed by atoms with Crippen molar-refractivity contribution in [3.8, 4) is 11.3 Å². The molecule has 1 aromatic carbocycles. The van der Waals surface area contributed by atoms with Crippen LogP contribution in [0.15, 0.2) is 41.4 Å². The molecule has 1 fully saturated rings. The highest BCUT2D eigenvalue weighted by Crippen LogP contribution is 2.22. The molecule has 2 aromatic rings. The van der Waals surface area contributed by atoms with Gasteiger partial charge in [0.25, 0.3) is 0 Å². The van der Waals surface area contributed by atoms with E-state index in [2.05, 4.69) is 10.2 Å². The van der Waals surface area contributed by atoms with Gasteiger partial charge in [0.05, 0.1) is 24.0 Å². The zero-order valence-corrected chi connectivity index (χ0v) is 16.5. The third kappa shape index (κ3) is 5.28. The van der Waals surface area contributed by atoms with Crippen LogP contribution in [0.5, 0.6) is 0 Å². The smallest absolute Gasteiger partial charge is 0.310 e. The van der Waals surface area contributed by atoms with E-state index < -0.39 is 0 Å². The van der Waals surface area contributed by atoms with E-state index in [0.717, 1.165) is 18.4 Å². The minimum absolute atomic E-state index is 0.0246. The molecule has 0 aliphatic carbocycles. The maximum absolute atomic E-state index is 13.0. The molecule has 8 heteroatoms. The minimum atomic E-state index is -0.301. The summed E-state index contributed by atoms with van der Waals surface area (Å²) in [6, 6.07) is 9.63. The van der Waals surface area contributed by atoms with E-state index in [4.69, 9.17) is 4.74 Å². The number of thioether (sulfide) groups is 1. The number of rotatable bonds is 6. The maximum atomic E-state index is 13.0. The number of likely N-dealkylation sites (tertiary alicyclic amines) is 1. The largest absolute Gasteiger partial charge is 0.466 e. The summed E-state index contributed by atoms with van der Waals surface area (Å²) in [5.74, 6) is -0.554. The molecule has 2 heterocycles. The molecule has 0 saturated carbocycles. The highest BCUT2D eigenvalue weighted by atomic mass is 32.2. The summed E-state index contributed by atoms with van der Waals surface area (Å²) in [5, 5.41) is 8.92. The molecular formula is C20H22FN3O3S. The van der Waals surface area contributed by atoms with Gasteiger partial charge in [0, 0.05) is 18.7 Å². The lowest BCUT2D eigenvalue weighted by Crippen LogP contribution is -2.43. The molecule has 6 nitrogen and oxygen atoms in total. The van der Waals surface area contributed by atoms with Gasteiger partial charge in [-0.3, -0.25) is 9.59 Å². The number of carbonyl (C=O) groups is 2. The molecule has 1 aliphatic heterocycles. The molecule has 0 N–H and O–H groups in total. The summed E-state index contributed by atoms with van der Waals surface area (Å²) in [6.45, 7) is 3.20. The molecule has 3 rings (SSSR count). The van der Waals surface area contributed by atoms with Crippen molar-refractivity contribution >= 4 is 23.6 Å². The first-order valence-electron chi connectivity index (χ1n) is 9.23. The molecule has 28 heavy (non-hydrogen) atoms. The number of nitrogens with zero attached hydrogens (tertiary/aromatic N) is 3. The van der Waals surface area contributed by atoms with Crippen LogP contribution in [0.1, 0.15) is 19.8 Å². The third-order valence-corrected chi connectivity index (χ3v) is 5.42. The van der Waals surface area contributed by atoms with Crippen LogP contribution in [-0.2, 0) is 14.3 Å². The molecule has 1 amide bonds. The SMILES string of the molecule is CCOC(=O)C1CCCN(C(=O)CSc2ccc(-c3ccc(F)cc3)nn2)C1. The fourth-order valence-electron chi connectivity index (χ4n) is 3.05. The summed E-state index contributed by atoms with van der Waals surface area (Å²) >= 11 is 1.31. The first-order valence-corrected chi connectivity index (χ1v) is 10.2. The van der Waals surface area contributed by atoms with Crippen molar-refractivity contribution in [2.24, 2.45) is 5.92 Å². The third-order valence-electron chi connectivity index (χ3n) is 4.52. The number of ether oxygens (including phenoxy) is 1. The molecule has 1 atom stereocenters. The minimum Gasteiger partial charge on any atom is -0.466 e. The van der Waals surface area contributed by atoms with Gasteiger partial charge in [0.15, 0.2) is 0 Å². The van der Waals surface area contributed by atoms with E-state index in [-0.39, 0.29) is 29.4 Å². The second kappa shape index (κ2) is 9.64. The molecule has 1 aliphatic rings. The molecule has 1 unspecified atom stereocenters. The number of carbonyl (C=O) groups excluding carboxylic acids is 2. The first kappa shape index (κ1) is 20.3. The molecule has 0 radical (unpaired) electrons. The lowest BCUT2D eigenvalue weighted by atomic mass is 9.98. The van der Waals surface area contributed by atoms with Crippen molar-refractivity contribution < 1.29 is 18.7 Å². The Hall–Kier alpha value is -2.48. The van der Waals surface area contributed by atoms with Crippen LogP contribution in [0.3, 0.4) is 0 Å². The number of esters is 1. The van der Waals surface area contributed by atoms with E-state index in [1.807, 2.05) is 0 Å². The lowest BCUT2D eigenvalue weighted by molar-refractivity contribution is -0.151. The maximum Gasteiger partial charge on any atom is 0.310 e. The second-order valence-electron chi connectivity index (χ2n) is 6.48. The average Bonchev–Trinajstić information content (AvgIpc) is 2.73. The zero-order valence-electron chi connectivity index (χ0n) is 15.6. The topological polar surface area (TPSA) is 72.4 Å². The van der Waals surface area contributed by atoms with Crippen molar-refractivity contribution in [3.05, 3.63) is 42.2 Å². The van der Waals surface area contributed by atoms with Crippen LogP contribution in [0.25, 0.3) is 11.3 Å². The number of hydrogen-bond donors (Lipinski definition) is 0. The van der Waals surface area contributed by atoms with Gasteiger partial charge in [0.1, 0.15) is 10.8 Å². The van der Waals surface area contributed by atoms with Gasteiger partial charge in [0.2, 0.25) is 5.91 Å². The van der Waals surface area contributed by atoms with E-state index in [9.17, 15) is 14.0 Å². The molecule has 0 spiro atoms. The summed E-state index contributed by atoms with van der Waals surface area (Å²) < 4.78 is 18.1. The standard InChI is InChI=1S/C20H22FN3O3S/c1-2-27-20(26)15-4-3-11-24(12-15)19(25)13-28-18-10-9-17(22-23-18)14-5-7-16(21)8-6-14/h5-10,15H,2-4,11-13H2,1H3. The Kier molecular flexibility index (Phi) is 6.97. The number of amides is 1. The summed E-state index contributed by atoms with van der Waals surface area (Å²) in [4.78, 5) is 26.1. The van der Waals surface area contributed by atoms with Gasteiger partial charge in [-0.05, 0) is 56.2 Å². The van der Waals surface area contributed by atoms with Gasteiger partial charge in [-0.25, -0.2) is 4.39 Å². The van der Waals surface area contributed by atoms with Gasteiger partial charge >= 0.3 is 5.97 Å². The van der Waals surface area contributed by atoms with Crippen LogP contribution >= 0.6 is 11.8 Å². The molecule has 0 bridgehead atoms. The fraction of sp³-hybridized carbons (Fsp3) is 0.400. The number of aromatic nitrogens is 2. The Bertz CT molecular complexity index is 814. The lowest BCUT2D eigenvalue weighted by Gasteiger charge is -2.31. The van der Waals surface area contributed by atoms with Crippen molar-refractivity contribution in [2.45, 2.75) is 24.8 Å². The predicted octanol–water partition coefficient (Wildman–Crippen LogP) is 3.18. The average molecular weight is 403 g/mol. The van der Waals surface area contributed by atoms with Crippen LogP contribution in [-0.4, -0.2) is 52.4 Å². The Labute approximate surface area is 167 Å². The van der Waals surface area contributed by atoms with Crippen molar-refractivity contribution in [3.63, 3.8) is 0 Å². The molecular weight excluding hydrogens is 381 g/mol. The Morgan fingerprint density at radius 2 is 2.00 bits per heavy atom. The highest BCUT2D eigenvalue weighted by molar-refractivity contribution is 7.99. The molecule has 1 saturated heterocycles. The van der Waals surface area contributed by atoms with Crippen molar-refractivity contribution in [2.75, 3.05) is 25.4 Å². The van der Waals surface area contributed by atoms with Crippen LogP contribution < -0.4 is 0 Å². The van der Waals surface area contributed by atoms with E-state index in [1.54, 1.807) is 36.1 Å². The first-order chi connectivity index (χ1) is 13.6. The van der Waals surface area contributed by atoms with Crippen molar-refractivity contribution in [1.29, 1.82) is 0 Å². The van der Waals surface area contributed by atoms with Gasteiger partial charge in [-0.1, -0.05) is 11.8 Å². The van der Waals surface area contributed by atoms with Crippen LogP contribution in [0.2, 0.25) is 0 Å². The van der Waals surface area contributed by atoms with E-state index in [1.165, 1.54) is 23.9 Å². The summed E-state index contributed by atoms with van der Waals surface area (Å²) in [6.07, 6.45) is 1.55. The highest BCUT2D eigenvalue weighted by Gasteiger charge is 2.29. The van der Waals surface area contributed by atoms with Crippen LogP contribution in [0, 0.1) is 11.7 Å². The summed E-state index contributed by atoms with van der Waals surface area (Å²) in [7, 11) is 0. The quantitative estimate of drug-likeness (QED) is 0.545. The molecule has 148 valence electrons. The Morgan fingerprint density at radius 3 is 2.68 bits per heavy atom. The monoisotopic (exact) mass is 403 g/mol. The Morgan fingerprint density at radius 1 is 1.21 bits per heavy atom. The van der Waals surface area contributed by atoms with Crippen molar-refractivity contribution in [1.82, 2.24) is 15.1 Å². The van der Waals surface area contributed by atoms with E-state index in [0.29, 0.717) is 30.4 Å². The second-order valence-corrected chi connectivity index (χ2v) is 7.48. The van der Waals surface area contributed by atoms with E-state index >= 15 is 0 Å². The zero-order chi connectivity index (χ0) is 19.9. The predicted molar refractivity (Wildman–Crippen MR) is 104 cm³/mol. The fourth-order valence-corrected chi connectivity index (χ4v) is 3.77. The molecule has 1 aromatic heterocycles. The number of benzene rings is 1. The van der Waals surface area contributed by atoms with Crippen LogP contribution in [0.4, 0.5) is 4.39 Å². The van der Waals surface area contributed by atoms with Gasteiger partial charge in [-0.15, -0.1) is 10.2 Å². The van der Waals surface area contributed by atoms with Gasteiger partial charge in [-0.2, -0.15) is 0 Å². The normalized spacial score (nSPS) is 16.6. The number of halogens is 1. The van der Waals surface area contributed by atoms with Gasteiger partial charge < -0.3 is 9.64 Å².